The van der Waals surface area contributed by atoms with E-state index >= 15 is 0 Å². The topological polar surface area (TPSA) is 113 Å². The number of para-hydroxylation sites is 2. The number of oxazole rings is 1. The number of benzene rings is 1. The molecule has 0 bridgehead atoms. The van der Waals surface area contributed by atoms with Crippen LogP contribution in [0, 0.1) is 0 Å². The van der Waals surface area contributed by atoms with Crippen molar-refractivity contribution in [3.05, 3.63) is 24.3 Å². The largest absolute Gasteiger partial charge is 0.480 e. The number of thioether (sulfide) groups is 1. The van der Waals surface area contributed by atoms with E-state index in [1.54, 1.807) is 12.1 Å². The third kappa shape index (κ3) is 3.49. The van der Waals surface area contributed by atoms with E-state index in [4.69, 9.17) is 14.6 Å². The van der Waals surface area contributed by atoms with Crippen LogP contribution in [-0.4, -0.2) is 45.5 Å². The van der Waals surface area contributed by atoms with Gasteiger partial charge in [0.15, 0.2) is 5.58 Å². The fourth-order valence-electron chi connectivity index (χ4n) is 1.46. The average molecular weight is 296 g/mol. The summed E-state index contributed by atoms with van der Waals surface area (Å²) < 4.78 is 5.40. The minimum Gasteiger partial charge on any atom is -0.480 e. The van der Waals surface area contributed by atoms with Crippen LogP contribution in [-0.2, 0) is 9.59 Å². The molecule has 106 valence electrons. The second-order valence-electron chi connectivity index (χ2n) is 3.88. The summed E-state index contributed by atoms with van der Waals surface area (Å²) in [7, 11) is 0. The van der Waals surface area contributed by atoms with E-state index in [1.807, 2.05) is 12.1 Å². The summed E-state index contributed by atoms with van der Waals surface area (Å²) in [5.41, 5.74) is 1.31. The van der Waals surface area contributed by atoms with Gasteiger partial charge in [0.1, 0.15) is 11.6 Å². The predicted molar refractivity (Wildman–Crippen MR) is 71.4 cm³/mol. The van der Waals surface area contributed by atoms with Crippen LogP contribution >= 0.6 is 11.8 Å². The molecule has 0 radical (unpaired) electrons. The summed E-state index contributed by atoms with van der Waals surface area (Å²) >= 11 is 1.05. The van der Waals surface area contributed by atoms with Crippen molar-refractivity contribution in [1.82, 2.24) is 10.3 Å². The van der Waals surface area contributed by atoms with E-state index in [2.05, 4.69) is 10.3 Å². The molecule has 7 nitrogen and oxygen atoms in total. The van der Waals surface area contributed by atoms with E-state index in [0.29, 0.717) is 16.3 Å². The second-order valence-corrected chi connectivity index (χ2v) is 4.80. The summed E-state index contributed by atoms with van der Waals surface area (Å²) in [5, 5.41) is 20.0. The molecule has 0 fully saturated rings. The number of aliphatic hydroxyl groups excluding tert-OH is 1. The highest BCUT2D eigenvalue weighted by Crippen LogP contribution is 2.22. The number of aliphatic hydroxyl groups is 1. The van der Waals surface area contributed by atoms with Gasteiger partial charge in [-0.15, -0.1) is 0 Å². The normalized spacial score (nSPS) is 12.2. The number of nitrogens with one attached hydrogen (secondary N) is 1. The number of fused-ring (bicyclic) bond motifs is 1. The van der Waals surface area contributed by atoms with Gasteiger partial charge in [-0.25, -0.2) is 9.78 Å². The zero-order valence-electron chi connectivity index (χ0n) is 10.3. The van der Waals surface area contributed by atoms with Crippen LogP contribution in [0.1, 0.15) is 0 Å². The first kappa shape index (κ1) is 14.4. The summed E-state index contributed by atoms with van der Waals surface area (Å²) in [6, 6.07) is 5.89. The lowest BCUT2D eigenvalue weighted by Gasteiger charge is -2.10. The maximum absolute atomic E-state index is 11.5. The fraction of sp³-hybridized carbons (Fsp3) is 0.250. The zero-order chi connectivity index (χ0) is 14.5. The lowest BCUT2D eigenvalue weighted by molar-refractivity contribution is -0.142. The standard InChI is InChI=1S/C12H12N2O5S/c15-5-8(11(17)18)13-10(16)6-20-12-14-7-3-1-2-4-9(7)19-12/h1-4,8,15H,5-6H2,(H,13,16)(H,17,18). The SMILES string of the molecule is O=C(CSc1nc2ccccc2o1)NC(CO)C(=O)O. The highest BCUT2D eigenvalue weighted by molar-refractivity contribution is 7.99. The fourth-order valence-corrected chi connectivity index (χ4v) is 2.11. The van der Waals surface area contributed by atoms with Crippen molar-refractivity contribution in [2.75, 3.05) is 12.4 Å². The molecule has 0 aliphatic carbocycles. The van der Waals surface area contributed by atoms with E-state index in [0.717, 1.165) is 11.8 Å². The maximum Gasteiger partial charge on any atom is 0.328 e. The molecule has 1 aromatic heterocycles. The second kappa shape index (κ2) is 6.40. The van der Waals surface area contributed by atoms with E-state index < -0.39 is 24.5 Å². The lowest BCUT2D eigenvalue weighted by atomic mass is 10.3. The quantitative estimate of drug-likeness (QED) is 0.664. The van der Waals surface area contributed by atoms with Crippen molar-refractivity contribution in [3.8, 4) is 0 Å². The highest BCUT2D eigenvalue weighted by Gasteiger charge is 2.19. The van der Waals surface area contributed by atoms with Crippen LogP contribution in [0.4, 0.5) is 0 Å². The number of carboxylic acid groups (broad SMARTS) is 1. The molecule has 1 unspecified atom stereocenters. The molecule has 1 atom stereocenters. The van der Waals surface area contributed by atoms with Gasteiger partial charge in [-0.05, 0) is 12.1 Å². The van der Waals surface area contributed by atoms with Crippen LogP contribution in [0.2, 0.25) is 0 Å². The van der Waals surface area contributed by atoms with Crippen molar-refractivity contribution < 1.29 is 24.2 Å². The molecule has 1 heterocycles. The van der Waals surface area contributed by atoms with E-state index in [9.17, 15) is 9.59 Å². The monoisotopic (exact) mass is 296 g/mol. The molecule has 1 amide bonds. The number of aliphatic carboxylic acids is 1. The molecule has 0 saturated carbocycles. The van der Waals surface area contributed by atoms with Gasteiger partial charge >= 0.3 is 5.97 Å². The minimum absolute atomic E-state index is 0.0450. The van der Waals surface area contributed by atoms with Crippen molar-refractivity contribution >= 4 is 34.7 Å². The van der Waals surface area contributed by atoms with Gasteiger partial charge in [0.2, 0.25) is 5.91 Å². The average Bonchev–Trinajstić information content (AvgIpc) is 2.85. The van der Waals surface area contributed by atoms with Crippen LogP contribution in [0.3, 0.4) is 0 Å². The number of hydrogen-bond donors (Lipinski definition) is 3. The summed E-state index contributed by atoms with van der Waals surface area (Å²) in [4.78, 5) is 26.3. The third-order valence-corrected chi connectivity index (χ3v) is 3.24. The van der Waals surface area contributed by atoms with Crippen LogP contribution in [0.5, 0.6) is 0 Å². The molecule has 0 aliphatic heterocycles. The zero-order valence-corrected chi connectivity index (χ0v) is 11.1. The van der Waals surface area contributed by atoms with Gasteiger partial charge in [-0.1, -0.05) is 23.9 Å². The molecule has 8 heteroatoms. The number of carbonyl (C=O) groups excluding carboxylic acids is 1. The molecule has 2 rings (SSSR count). The molecule has 0 spiro atoms. The van der Waals surface area contributed by atoms with Gasteiger partial charge in [0.05, 0.1) is 12.4 Å². The number of rotatable bonds is 6. The lowest BCUT2D eigenvalue weighted by Crippen LogP contribution is -2.44. The number of carbonyl (C=O) groups is 2. The molecule has 0 aliphatic rings. The Balaban J connectivity index is 1.91. The summed E-state index contributed by atoms with van der Waals surface area (Å²) in [6.07, 6.45) is 0. The van der Waals surface area contributed by atoms with Crippen molar-refractivity contribution in [2.24, 2.45) is 0 Å². The number of hydrogen-bond acceptors (Lipinski definition) is 6. The first-order valence-electron chi connectivity index (χ1n) is 5.71. The number of nitrogens with zero attached hydrogens (tertiary/aromatic N) is 1. The summed E-state index contributed by atoms with van der Waals surface area (Å²) in [5.74, 6) is -1.84. The minimum atomic E-state index is -1.30. The Bertz CT molecular complexity index is 594. The Morgan fingerprint density at radius 3 is 2.80 bits per heavy atom. The Kier molecular flexibility index (Phi) is 4.59. The Labute approximate surface area is 118 Å². The summed E-state index contributed by atoms with van der Waals surface area (Å²) in [6.45, 7) is -0.658. The van der Waals surface area contributed by atoms with Gasteiger partial charge in [-0.3, -0.25) is 4.79 Å². The Morgan fingerprint density at radius 1 is 1.40 bits per heavy atom. The van der Waals surface area contributed by atoms with Gasteiger partial charge in [-0.2, -0.15) is 0 Å². The number of amides is 1. The molecule has 20 heavy (non-hydrogen) atoms. The maximum atomic E-state index is 11.5. The van der Waals surface area contributed by atoms with Crippen LogP contribution in [0.25, 0.3) is 11.1 Å². The Morgan fingerprint density at radius 2 is 2.15 bits per heavy atom. The van der Waals surface area contributed by atoms with Crippen molar-refractivity contribution in [2.45, 2.75) is 11.3 Å². The van der Waals surface area contributed by atoms with E-state index in [-0.39, 0.29) is 5.75 Å². The molecule has 0 saturated heterocycles. The van der Waals surface area contributed by atoms with E-state index in [1.165, 1.54) is 0 Å². The molecular weight excluding hydrogens is 284 g/mol. The number of carboxylic acids is 1. The van der Waals surface area contributed by atoms with Crippen molar-refractivity contribution in [1.29, 1.82) is 0 Å². The first-order chi connectivity index (χ1) is 9.60. The molecule has 2 aromatic rings. The van der Waals surface area contributed by atoms with Gasteiger partial charge in [0.25, 0.3) is 5.22 Å². The Hall–Kier alpha value is -2.06. The number of aromatic nitrogens is 1. The first-order valence-corrected chi connectivity index (χ1v) is 6.70. The molecule has 3 N–H and O–H groups in total. The third-order valence-electron chi connectivity index (χ3n) is 2.42. The molecule has 1 aromatic carbocycles. The smallest absolute Gasteiger partial charge is 0.328 e. The highest BCUT2D eigenvalue weighted by atomic mass is 32.2. The van der Waals surface area contributed by atoms with Gasteiger partial charge in [0, 0.05) is 0 Å². The predicted octanol–water partition coefficient (Wildman–Crippen LogP) is 0.482. The molecular formula is C12H12N2O5S. The van der Waals surface area contributed by atoms with Crippen LogP contribution < -0.4 is 5.32 Å². The van der Waals surface area contributed by atoms with Crippen LogP contribution in [0.15, 0.2) is 33.9 Å². The van der Waals surface area contributed by atoms with Crippen molar-refractivity contribution in [3.63, 3.8) is 0 Å². The van der Waals surface area contributed by atoms with Gasteiger partial charge < -0.3 is 19.9 Å².